The molecule has 0 saturated carbocycles. The molecule has 0 N–H and O–H groups in total. The summed E-state index contributed by atoms with van der Waals surface area (Å²) in [7, 11) is 0. The molecule has 1 atom stereocenters. The summed E-state index contributed by atoms with van der Waals surface area (Å²) in [5.74, 6) is -1.77. The maximum Gasteiger partial charge on any atom is 0.326 e. The van der Waals surface area contributed by atoms with Crippen molar-refractivity contribution in [2.24, 2.45) is 0 Å². The van der Waals surface area contributed by atoms with E-state index < -0.39 is 34.6 Å². The van der Waals surface area contributed by atoms with Crippen LogP contribution < -0.4 is 4.90 Å². The Labute approximate surface area is 183 Å². The van der Waals surface area contributed by atoms with Crippen LogP contribution >= 0.6 is 11.8 Å². The topological polar surface area (TPSA) is 116 Å². The molecular weight excluding hydrogens is 424 g/mol. The molecule has 164 valence electrons. The highest BCUT2D eigenvalue weighted by Crippen LogP contribution is 2.26. The van der Waals surface area contributed by atoms with E-state index in [4.69, 9.17) is 9.47 Å². The molecule has 0 aromatic heterocycles. The van der Waals surface area contributed by atoms with Crippen LogP contribution in [0.1, 0.15) is 13.8 Å². The normalized spacial score (nSPS) is 11.3. The maximum absolute atomic E-state index is 12.6. The fourth-order valence-corrected chi connectivity index (χ4v) is 3.36. The van der Waals surface area contributed by atoms with Crippen molar-refractivity contribution in [3.8, 4) is 0 Å². The minimum absolute atomic E-state index is 0.0484. The fraction of sp³-hybridized carbons (Fsp3) is 0.286. The smallest absolute Gasteiger partial charge is 0.326 e. The number of para-hydroxylation sites is 1. The van der Waals surface area contributed by atoms with Gasteiger partial charge in [0, 0.05) is 22.7 Å². The van der Waals surface area contributed by atoms with Gasteiger partial charge in [-0.3, -0.25) is 29.4 Å². The van der Waals surface area contributed by atoms with E-state index in [9.17, 15) is 24.5 Å². The Morgan fingerprint density at radius 2 is 1.71 bits per heavy atom. The number of nitro benzene ring substituents is 1. The summed E-state index contributed by atoms with van der Waals surface area (Å²) in [6.45, 7) is 2.60. The number of rotatable bonds is 10. The second kappa shape index (κ2) is 11.7. The summed E-state index contributed by atoms with van der Waals surface area (Å²) >= 11 is 1.15. The van der Waals surface area contributed by atoms with Crippen LogP contribution in [0.15, 0.2) is 59.5 Å². The van der Waals surface area contributed by atoms with Crippen molar-refractivity contribution in [3.63, 3.8) is 0 Å². The molecule has 2 aromatic rings. The lowest BCUT2D eigenvalue weighted by Crippen LogP contribution is -2.39. The van der Waals surface area contributed by atoms with E-state index in [2.05, 4.69) is 0 Å². The molecule has 0 bridgehead atoms. The lowest BCUT2D eigenvalue weighted by molar-refractivity contribution is -0.384. The largest absolute Gasteiger partial charge is 0.465 e. The number of hydrogen-bond donors (Lipinski definition) is 0. The van der Waals surface area contributed by atoms with Crippen molar-refractivity contribution in [3.05, 3.63) is 64.7 Å². The van der Waals surface area contributed by atoms with Crippen LogP contribution in [0, 0.1) is 10.1 Å². The van der Waals surface area contributed by atoms with E-state index in [0.29, 0.717) is 10.6 Å². The third-order valence-electron chi connectivity index (χ3n) is 3.99. The number of nitrogens with zero attached hydrogens (tertiary/aromatic N) is 2. The van der Waals surface area contributed by atoms with E-state index in [-0.39, 0.29) is 18.8 Å². The summed E-state index contributed by atoms with van der Waals surface area (Å²) in [4.78, 5) is 48.9. The number of carbonyl (C=O) groups is 3. The van der Waals surface area contributed by atoms with Gasteiger partial charge in [0.1, 0.15) is 11.8 Å². The summed E-state index contributed by atoms with van der Waals surface area (Å²) in [6.07, 6.45) is 0. The summed E-state index contributed by atoms with van der Waals surface area (Å²) < 4.78 is 10.0. The molecule has 9 nitrogen and oxygen atoms in total. The molecule has 0 aliphatic heterocycles. The van der Waals surface area contributed by atoms with Crippen molar-refractivity contribution in [2.75, 3.05) is 24.7 Å². The third kappa shape index (κ3) is 7.41. The van der Waals surface area contributed by atoms with Gasteiger partial charge in [-0.2, -0.15) is 0 Å². The lowest BCUT2D eigenvalue weighted by Gasteiger charge is -2.22. The quantitative estimate of drug-likeness (QED) is 0.236. The zero-order valence-corrected chi connectivity index (χ0v) is 17.9. The molecule has 0 aliphatic rings. The van der Waals surface area contributed by atoms with E-state index in [1.165, 1.54) is 29.2 Å². The molecule has 0 fully saturated rings. The predicted molar refractivity (Wildman–Crippen MR) is 115 cm³/mol. The monoisotopic (exact) mass is 446 g/mol. The Bertz CT molecular complexity index is 919. The molecule has 0 saturated heterocycles. The molecule has 10 heteroatoms. The molecule has 0 spiro atoms. The van der Waals surface area contributed by atoms with Crippen LogP contribution in [0.3, 0.4) is 0 Å². The van der Waals surface area contributed by atoms with E-state index in [1.807, 2.05) is 0 Å². The van der Waals surface area contributed by atoms with Crippen LogP contribution in [-0.4, -0.2) is 47.8 Å². The minimum Gasteiger partial charge on any atom is -0.465 e. The highest BCUT2D eigenvalue weighted by Gasteiger charge is 2.23. The van der Waals surface area contributed by atoms with Crippen molar-refractivity contribution in [2.45, 2.75) is 24.0 Å². The maximum atomic E-state index is 12.6. The third-order valence-corrected chi connectivity index (χ3v) is 5.08. The SMILES string of the molecule is CCOC(=O)CN(C(=O)COC(=O)C(C)Sc1ccc([N+](=O)[O-])cc1)c1ccccc1. The van der Waals surface area contributed by atoms with Crippen LogP contribution in [0.2, 0.25) is 0 Å². The Morgan fingerprint density at radius 1 is 1.06 bits per heavy atom. The highest BCUT2D eigenvalue weighted by atomic mass is 32.2. The first-order chi connectivity index (χ1) is 14.8. The Morgan fingerprint density at radius 3 is 2.29 bits per heavy atom. The van der Waals surface area contributed by atoms with Gasteiger partial charge < -0.3 is 9.47 Å². The Hall–Kier alpha value is -3.40. The first-order valence-corrected chi connectivity index (χ1v) is 10.3. The Kier molecular flexibility index (Phi) is 9.01. The number of non-ortho nitro benzene ring substituents is 1. The molecular formula is C21H22N2O7S. The van der Waals surface area contributed by atoms with Gasteiger partial charge in [-0.25, -0.2) is 0 Å². The van der Waals surface area contributed by atoms with Gasteiger partial charge in [0.05, 0.1) is 11.5 Å². The van der Waals surface area contributed by atoms with Crippen LogP contribution in [0.5, 0.6) is 0 Å². The molecule has 2 aromatic carbocycles. The summed E-state index contributed by atoms with van der Waals surface area (Å²) in [5.41, 5.74) is 0.428. The van der Waals surface area contributed by atoms with E-state index >= 15 is 0 Å². The number of hydrogen-bond acceptors (Lipinski definition) is 8. The standard InChI is InChI=1S/C21H22N2O7S/c1-3-29-20(25)13-22(16-7-5-4-6-8-16)19(24)14-30-21(26)15(2)31-18-11-9-17(10-12-18)23(27)28/h4-12,15H,3,13-14H2,1-2H3. The lowest BCUT2D eigenvalue weighted by atomic mass is 10.3. The van der Waals surface area contributed by atoms with Gasteiger partial charge in [0.15, 0.2) is 6.61 Å². The zero-order valence-electron chi connectivity index (χ0n) is 17.1. The number of carbonyl (C=O) groups excluding carboxylic acids is 3. The molecule has 0 aliphatic carbocycles. The second-order valence-electron chi connectivity index (χ2n) is 6.24. The van der Waals surface area contributed by atoms with Gasteiger partial charge in [-0.1, -0.05) is 18.2 Å². The van der Waals surface area contributed by atoms with Crippen molar-refractivity contribution >= 4 is 41.0 Å². The van der Waals surface area contributed by atoms with Crippen molar-refractivity contribution < 1.29 is 28.8 Å². The molecule has 1 unspecified atom stereocenters. The summed E-state index contributed by atoms with van der Waals surface area (Å²) in [6, 6.07) is 14.3. The first-order valence-electron chi connectivity index (χ1n) is 9.40. The Balaban J connectivity index is 1.96. The summed E-state index contributed by atoms with van der Waals surface area (Å²) in [5, 5.41) is 10.1. The minimum atomic E-state index is -0.649. The van der Waals surface area contributed by atoms with Gasteiger partial charge in [0.25, 0.3) is 11.6 Å². The number of amides is 1. The van der Waals surface area contributed by atoms with Gasteiger partial charge >= 0.3 is 11.9 Å². The van der Waals surface area contributed by atoms with Gasteiger partial charge in [-0.05, 0) is 38.1 Å². The van der Waals surface area contributed by atoms with Crippen molar-refractivity contribution in [1.29, 1.82) is 0 Å². The average Bonchev–Trinajstić information content (AvgIpc) is 2.76. The van der Waals surface area contributed by atoms with Crippen LogP contribution in [-0.2, 0) is 23.9 Å². The highest BCUT2D eigenvalue weighted by molar-refractivity contribution is 8.00. The first kappa shape index (κ1) is 23.9. The average molecular weight is 446 g/mol. The fourth-order valence-electron chi connectivity index (χ4n) is 2.49. The molecule has 1 amide bonds. The number of benzene rings is 2. The number of nitro groups is 1. The zero-order chi connectivity index (χ0) is 22.8. The number of thioether (sulfide) groups is 1. The molecule has 2 rings (SSSR count). The molecule has 0 radical (unpaired) electrons. The number of esters is 2. The van der Waals surface area contributed by atoms with Gasteiger partial charge in [-0.15, -0.1) is 11.8 Å². The van der Waals surface area contributed by atoms with Crippen LogP contribution in [0.25, 0.3) is 0 Å². The number of ether oxygens (including phenoxy) is 2. The molecule has 0 heterocycles. The number of anilines is 1. The molecule has 31 heavy (non-hydrogen) atoms. The van der Waals surface area contributed by atoms with Crippen LogP contribution in [0.4, 0.5) is 11.4 Å². The second-order valence-corrected chi connectivity index (χ2v) is 7.65. The van der Waals surface area contributed by atoms with E-state index in [0.717, 1.165) is 11.8 Å². The predicted octanol–water partition coefficient (Wildman–Crippen LogP) is 3.21. The van der Waals surface area contributed by atoms with E-state index in [1.54, 1.807) is 44.2 Å². The van der Waals surface area contributed by atoms with Gasteiger partial charge in [0.2, 0.25) is 0 Å². The van der Waals surface area contributed by atoms with Crippen molar-refractivity contribution in [1.82, 2.24) is 0 Å².